The molecule has 2 aromatic rings. The lowest BCUT2D eigenvalue weighted by molar-refractivity contribution is 0.217. The molecule has 1 atom stereocenters. The Kier molecular flexibility index (Phi) is 4.26. The van der Waals surface area contributed by atoms with Crippen molar-refractivity contribution in [3.63, 3.8) is 0 Å². The number of benzene rings is 1. The predicted octanol–water partition coefficient (Wildman–Crippen LogP) is 3.35. The van der Waals surface area contributed by atoms with Crippen LogP contribution in [0.25, 0.3) is 0 Å². The molecule has 0 radical (unpaired) electrons. The Balaban J connectivity index is 1.97. The summed E-state index contributed by atoms with van der Waals surface area (Å²) in [4.78, 5) is 0.104. The minimum atomic E-state index is -3.81. The Hall–Kier alpha value is -1.71. The van der Waals surface area contributed by atoms with Crippen LogP contribution in [0.3, 0.4) is 0 Å². The summed E-state index contributed by atoms with van der Waals surface area (Å²) in [6.07, 6.45) is 0.290. The van der Waals surface area contributed by atoms with Crippen LogP contribution in [0.5, 0.6) is 0 Å². The summed E-state index contributed by atoms with van der Waals surface area (Å²) in [5.41, 5.74) is 1.11. The van der Waals surface area contributed by atoms with E-state index in [4.69, 9.17) is 17.0 Å². The van der Waals surface area contributed by atoms with Gasteiger partial charge in [-0.05, 0) is 48.3 Å². The average molecular weight is 372 g/mol. The second-order valence-corrected chi connectivity index (χ2v) is 7.93. The smallest absolute Gasteiger partial charge is 0.262 e. The molecule has 1 unspecified atom stereocenters. The van der Waals surface area contributed by atoms with E-state index >= 15 is 0 Å². The highest BCUT2D eigenvalue weighted by Crippen LogP contribution is 2.29. The van der Waals surface area contributed by atoms with Crippen molar-refractivity contribution in [2.75, 3.05) is 10.0 Å². The van der Waals surface area contributed by atoms with E-state index in [-0.39, 0.29) is 21.9 Å². The minimum Gasteiger partial charge on any atom is -0.467 e. The molecular formula is C14H13FN2O3S3. The molecule has 5 nitrogen and oxygen atoms in total. The molecule has 0 saturated carbocycles. The number of hydrogen-bond donors (Lipinski definition) is 2. The largest absolute Gasteiger partial charge is 0.467 e. The molecule has 0 amide bonds. The van der Waals surface area contributed by atoms with Crippen molar-refractivity contribution in [3.05, 3.63) is 40.3 Å². The Morgan fingerprint density at radius 3 is 2.96 bits per heavy atom. The number of nitrogens with one attached hydrogen (secondary N) is 2. The molecule has 122 valence electrons. The van der Waals surface area contributed by atoms with Gasteiger partial charge in [0.2, 0.25) is 0 Å². The van der Waals surface area contributed by atoms with Gasteiger partial charge < -0.3 is 10.1 Å². The molecule has 1 aliphatic rings. The fourth-order valence-electron chi connectivity index (χ4n) is 2.26. The Morgan fingerprint density at radius 1 is 1.48 bits per heavy atom. The first kappa shape index (κ1) is 16.2. The lowest BCUT2D eigenvalue weighted by Crippen LogP contribution is -2.16. The van der Waals surface area contributed by atoms with Crippen LogP contribution < -0.4 is 10.0 Å². The number of thiocarbonyl (C=S) groups is 1. The molecule has 0 bridgehead atoms. The monoisotopic (exact) mass is 372 g/mol. The number of thiophene rings is 1. The topological polar surface area (TPSA) is 67.4 Å². The molecule has 1 aromatic carbocycles. The van der Waals surface area contributed by atoms with Gasteiger partial charge in [0, 0.05) is 17.5 Å². The zero-order valence-corrected chi connectivity index (χ0v) is 14.4. The average Bonchev–Trinajstić information content (AvgIpc) is 2.94. The van der Waals surface area contributed by atoms with Crippen LogP contribution in [-0.4, -0.2) is 19.7 Å². The normalized spacial score (nSPS) is 17.7. The summed E-state index contributed by atoms with van der Waals surface area (Å²) in [7, 11) is -3.81. The standard InChI is InChI=1S/C14H13FN2O3S3/c1-8-4-9-5-13(11(15)6-12(9)16-14(21)20-8)17-23(18,19)10-2-3-22-7-10/h2-3,5-8,17H,4H2,1H3,(H,16,21). The molecule has 9 heteroatoms. The molecule has 1 aliphatic heterocycles. The lowest BCUT2D eigenvalue weighted by Gasteiger charge is -2.12. The van der Waals surface area contributed by atoms with Gasteiger partial charge in [0.1, 0.15) is 11.9 Å². The van der Waals surface area contributed by atoms with Crippen LogP contribution in [0.1, 0.15) is 12.5 Å². The van der Waals surface area contributed by atoms with Gasteiger partial charge in [0.25, 0.3) is 15.2 Å². The van der Waals surface area contributed by atoms with Crippen molar-refractivity contribution >= 4 is 50.1 Å². The van der Waals surface area contributed by atoms with Crippen LogP contribution in [0.4, 0.5) is 15.8 Å². The molecule has 0 saturated heterocycles. The maximum Gasteiger partial charge on any atom is 0.262 e. The summed E-state index contributed by atoms with van der Waals surface area (Å²) in [5, 5.41) is 6.10. The summed E-state index contributed by atoms with van der Waals surface area (Å²) >= 11 is 6.25. The van der Waals surface area contributed by atoms with Gasteiger partial charge >= 0.3 is 0 Å². The third-order valence-electron chi connectivity index (χ3n) is 3.29. The third kappa shape index (κ3) is 3.46. The molecule has 3 rings (SSSR count). The number of anilines is 2. The Labute approximate surface area is 142 Å². The summed E-state index contributed by atoms with van der Waals surface area (Å²) in [6.45, 7) is 1.83. The molecule has 0 fully saturated rings. The molecule has 2 heterocycles. The number of ether oxygens (including phenoxy) is 1. The van der Waals surface area contributed by atoms with E-state index in [1.165, 1.54) is 34.9 Å². The highest BCUT2D eigenvalue weighted by Gasteiger charge is 2.22. The van der Waals surface area contributed by atoms with Crippen LogP contribution in [-0.2, 0) is 21.2 Å². The van der Waals surface area contributed by atoms with Crippen molar-refractivity contribution in [1.29, 1.82) is 0 Å². The number of rotatable bonds is 3. The fourth-order valence-corrected chi connectivity index (χ4v) is 4.62. The van der Waals surface area contributed by atoms with E-state index in [2.05, 4.69) is 10.0 Å². The summed E-state index contributed by atoms with van der Waals surface area (Å²) < 4.78 is 46.4. The summed E-state index contributed by atoms with van der Waals surface area (Å²) in [6, 6.07) is 4.15. The second kappa shape index (κ2) is 6.06. The SMILES string of the molecule is CC1Cc2cc(NS(=O)(=O)c3ccsc3)c(F)cc2NC(=S)O1. The van der Waals surface area contributed by atoms with Crippen molar-refractivity contribution in [2.45, 2.75) is 24.3 Å². The van der Waals surface area contributed by atoms with E-state index in [0.717, 1.165) is 5.56 Å². The Morgan fingerprint density at radius 2 is 2.26 bits per heavy atom. The van der Waals surface area contributed by atoms with Crippen LogP contribution in [0.15, 0.2) is 33.9 Å². The molecule has 2 N–H and O–H groups in total. The van der Waals surface area contributed by atoms with Gasteiger partial charge in [0.15, 0.2) is 0 Å². The van der Waals surface area contributed by atoms with Gasteiger partial charge in [-0.25, -0.2) is 12.8 Å². The number of sulfonamides is 1. The van der Waals surface area contributed by atoms with E-state index in [1.807, 2.05) is 6.92 Å². The minimum absolute atomic E-state index is 0.100. The van der Waals surface area contributed by atoms with Crippen LogP contribution in [0, 0.1) is 5.82 Å². The zero-order valence-electron chi connectivity index (χ0n) is 12.0. The lowest BCUT2D eigenvalue weighted by atomic mass is 10.1. The first-order valence-electron chi connectivity index (χ1n) is 6.70. The summed E-state index contributed by atoms with van der Waals surface area (Å²) in [5.74, 6) is -0.688. The Bertz CT molecular complexity index is 850. The highest BCUT2D eigenvalue weighted by molar-refractivity contribution is 7.92. The predicted molar refractivity (Wildman–Crippen MR) is 92.0 cm³/mol. The van der Waals surface area contributed by atoms with E-state index in [9.17, 15) is 12.8 Å². The molecular weight excluding hydrogens is 359 g/mol. The quantitative estimate of drug-likeness (QED) is 0.809. The zero-order chi connectivity index (χ0) is 16.6. The van der Waals surface area contributed by atoms with E-state index in [0.29, 0.717) is 12.1 Å². The van der Waals surface area contributed by atoms with Gasteiger partial charge in [-0.1, -0.05) is 0 Å². The number of hydrogen-bond acceptors (Lipinski definition) is 5. The fraction of sp³-hybridized carbons (Fsp3) is 0.214. The van der Waals surface area contributed by atoms with E-state index < -0.39 is 15.8 Å². The second-order valence-electron chi connectivity index (χ2n) is 5.10. The van der Waals surface area contributed by atoms with Crippen molar-refractivity contribution < 1.29 is 17.5 Å². The van der Waals surface area contributed by atoms with Gasteiger partial charge in [-0.15, -0.1) is 0 Å². The molecule has 0 aliphatic carbocycles. The van der Waals surface area contributed by atoms with Gasteiger partial charge in [-0.3, -0.25) is 4.72 Å². The number of halogens is 1. The van der Waals surface area contributed by atoms with Gasteiger partial charge in [0.05, 0.1) is 10.6 Å². The van der Waals surface area contributed by atoms with Crippen molar-refractivity contribution in [3.8, 4) is 0 Å². The van der Waals surface area contributed by atoms with Crippen LogP contribution in [0.2, 0.25) is 0 Å². The third-order valence-corrected chi connectivity index (χ3v) is 5.69. The molecule has 0 spiro atoms. The number of fused-ring (bicyclic) bond motifs is 1. The molecule has 23 heavy (non-hydrogen) atoms. The molecule has 1 aromatic heterocycles. The van der Waals surface area contributed by atoms with Gasteiger partial charge in [-0.2, -0.15) is 11.3 Å². The maximum atomic E-state index is 14.3. The first-order valence-corrected chi connectivity index (χ1v) is 9.53. The van der Waals surface area contributed by atoms with Crippen LogP contribution >= 0.6 is 23.6 Å². The first-order chi connectivity index (χ1) is 10.8. The van der Waals surface area contributed by atoms with Crippen molar-refractivity contribution in [1.82, 2.24) is 0 Å². The highest BCUT2D eigenvalue weighted by atomic mass is 32.2. The van der Waals surface area contributed by atoms with E-state index in [1.54, 1.807) is 5.38 Å². The maximum absolute atomic E-state index is 14.3. The van der Waals surface area contributed by atoms with Crippen molar-refractivity contribution in [2.24, 2.45) is 0 Å².